The number of rotatable bonds is 4. The molecule has 0 bridgehead atoms. The van der Waals surface area contributed by atoms with Crippen molar-refractivity contribution >= 4 is 11.9 Å². The number of nitrogens with zero attached hydrogens (tertiary/aromatic N) is 1. The van der Waals surface area contributed by atoms with E-state index in [2.05, 4.69) is 0 Å². The molecule has 1 aliphatic heterocycles. The van der Waals surface area contributed by atoms with Crippen molar-refractivity contribution < 1.29 is 19.1 Å². The summed E-state index contributed by atoms with van der Waals surface area (Å²) in [6.07, 6.45) is 0.264. The molecule has 0 saturated heterocycles. The van der Waals surface area contributed by atoms with E-state index in [0.717, 1.165) is 16.7 Å². The smallest absolute Gasteiger partial charge is 0.312 e. The van der Waals surface area contributed by atoms with Gasteiger partial charge >= 0.3 is 5.97 Å². The molecule has 2 aromatic carbocycles. The second-order valence-electron chi connectivity index (χ2n) is 6.52. The van der Waals surface area contributed by atoms with Gasteiger partial charge in [-0.25, -0.2) is 4.39 Å². The van der Waals surface area contributed by atoms with Crippen LogP contribution in [-0.2, 0) is 16.1 Å². The van der Waals surface area contributed by atoms with Gasteiger partial charge < -0.3 is 10.0 Å². The van der Waals surface area contributed by atoms with Crippen LogP contribution in [0, 0.1) is 5.82 Å². The molecule has 0 spiro atoms. The number of halogens is 1. The Labute approximate surface area is 145 Å². The molecule has 1 amide bonds. The van der Waals surface area contributed by atoms with Crippen LogP contribution in [0.3, 0.4) is 0 Å². The fourth-order valence-corrected chi connectivity index (χ4v) is 3.31. The van der Waals surface area contributed by atoms with Crippen molar-refractivity contribution in [3.05, 3.63) is 71.0 Å². The molecule has 2 aromatic rings. The molecule has 1 aliphatic rings. The average Bonchev–Trinajstić information content (AvgIpc) is 2.61. The zero-order chi connectivity index (χ0) is 18.0. The van der Waals surface area contributed by atoms with Crippen molar-refractivity contribution in [3.8, 4) is 0 Å². The molecule has 2 atom stereocenters. The molecule has 0 aromatic heterocycles. The highest BCUT2D eigenvalue weighted by molar-refractivity contribution is 5.82. The van der Waals surface area contributed by atoms with Gasteiger partial charge in [-0.2, -0.15) is 0 Å². The Kier molecular flexibility index (Phi) is 4.83. The Morgan fingerprint density at radius 3 is 2.56 bits per heavy atom. The Balaban J connectivity index is 1.74. The molecular formula is C20H20FNO3. The number of carbonyl (C=O) groups is 2. The minimum atomic E-state index is -0.920. The number of hydrogen-bond donors (Lipinski definition) is 1. The van der Waals surface area contributed by atoms with Gasteiger partial charge in [-0.15, -0.1) is 0 Å². The maximum Gasteiger partial charge on any atom is 0.312 e. The molecular weight excluding hydrogens is 321 g/mol. The summed E-state index contributed by atoms with van der Waals surface area (Å²) in [7, 11) is 0. The van der Waals surface area contributed by atoms with Crippen LogP contribution < -0.4 is 0 Å². The van der Waals surface area contributed by atoms with Gasteiger partial charge in [0.15, 0.2) is 0 Å². The van der Waals surface area contributed by atoms with Crippen molar-refractivity contribution in [2.24, 2.45) is 0 Å². The van der Waals surface area contributed by atoms with Crippen molar-refractivity contribution in [2.45, 2.75) is 31.7 Å². The van der Waals surface area contributed by atoms with Gasteiger partial charge in [0.05, 0.1) is 5.92 Å². The summed E-state index contributed by atoms with van der Waals surface area (Å²) < 4.78 is 13.0. The van der Waals surface area contributed by atoms with Crippen LogP contribution in [0.25, 0.3) is 0 Å². The van der Waals surface area contributed by atoms with E-state index in [4.69, 9.17) is 0 Å². The lowest BCUT2D eigenvalue weighted by atomic mass is 9.89. The molecule has 4 nitrogen and oxygen atoms in total. The molecule has 0 saturated carbocycles. The Morgan fingerprint density at radius 2 is 1.88 bits per heavy atom. The summed E-state index contributed by atoms with van der Waals surface area (Å²) in [5, 5.41) is 9.50. The summed E-state index contributed by atoms with van der Waals surface area (Å²) in [5.74, 6) is -2.07. The Morgan fingerprint density at radius 1 is 1.20 bits per heavy atom. The maximum atomic E-state index is 13.0. The highest BCUT2D eigenvalue weighted by atomic mass is 19.1. The number of carboxylic acids is 1. The molecule has 3 rings (SSSR count). The molecule has 1 heterocycles. The van der Waals surface area contributed by atoms with Gasteiger partial charge in [0, 0.05) is 19.5 Å². The van der Waals surface area contributed by atoms with Crippen LogP contribution >= 0.6 is 0 Å². The minimum Gasteiger partial charge on any atom is -0.481 e. The van der Waals surface area contributed by atoms with Crippen LogP contribution in [0.2, 0.25) is 0 Å². The molecule has 1 N–H and O–H groups in total. The maximum absolute atomic E-state index is 13.0. The fraction of sp³-hybridized carbons (Fsp3) is 0.300. The zero-order valence-electron chi connectivity index (χ0n) is 14.0. The molecule has 130 valence electrons. The SMILES string of the molecule is CC(CC(=O)N1Cc2ccccc2C(C(=O)O)C1)c1ccc(F)cc1. The average molecular weight is 341 g/mol. The van der Waals surface area contributed by atoms with Crippen LogP contribution in [-0.4, -0.2) is 28.4 Å². The summed E-state index contributed by atoms with van der Waals surface area (Å²) in [4.78, 5) is 25.9. The Bertz CT molecular complexity index is 788. The van der Waals surface area contributed by atoms with Crippen molar-refractivity contribution in [1.82, 2.24) is 4.90 Å². The molecule has 0 aliphatic carbocycles. The van der Waals surface area contributed by atoms with Gasteiger partial charge in [0.2, 0.25) is 5.91 Å². The first-order chi connectivity index (χ1) is 12.0. The number of carboxylic acid groups (broad SMARTS) is 1. The van der Waals surface area contributed by atoms with E-state index in [0.29, 0.717) is 6.54 Å². The summed E-state index contributed by atoms with van der Waals surface area (Å²) >= 11 is 0. The predicted molar refractivity (Wildman–Crippen MR) is 91.7 cm³/mol. The van der Waals surface area contributed by atoms with Crippen LogP contribution in [0.4, 0.5) is 4.39 Å². The van der Waals surface area contributed by atoms with E-state index in [-0.39, 0.29) is 30.6 Å². The van der Waals surface area contributed by atoms with Gasteiger partial charge in [-0.3, -0.25) is 9.59 Å². The number of hydrogen-bond acceptors (Lipinski definition) is 2. The van der Waals surface area contributed by atoms with Crippen LogP contribution in [0.1, 0.15) is 41.9 Å². The second kappa shape index (κ2) is 7.05. The third kappa shape index (κ3) is 3.71. The molecule has 2 unspecified atom stereocenters. The first-order valence-electron chi connectivity index (χ1n) is 8.29. The lowest BCUT2D eigenvalue weighted by molar-refractivity contribution is -0.141. The normalized spacial score (nSPS) is 17.7. The zero-order valence-corrected chi connectivity index (χ0v) is 14.0. The third-order valence-corrected chi connectivity index (χ3v) is 4.77. The third-order valence-electron chi connectivity index (χ3n) is 4.77. The monoisotopic (exact) mass is 341 g/mol. The van der Waals surface area contributed by atoms with Gasteiger partial charge in [-0.05, 0) is 34.7 Å². The van der Waals surface area contributed by atoms with E-state index in [1.54, 1.807) is 17.0 Å². The van der Waals surface area contributed by atoms with Gasteiger partial charge in [-0.1, -0.05) is 43.3 Å². The molecule has 25 heavy (non-hydrogen) atoms. The van der Waals surface area contributed by atoms with Crippen molar-refractivity contribution in [1.29, 1.82) is 0 Å². The van der Waals surface area contributed by atoms with Crippen LogP contribution in [0.15, 0.2) is 48.5 Å². The van der Waals surface area contributed by atoms with E-state index < -0.39 is 11.9 Å². The lowest BCUT2D eigenvalue weighted by Crippen LogP contribution is -2.40. The van der Waals surface area contributed by atoms with E-state index >= 15 is 0 Å². The number of fused-ring (bicyclic) bond motifs is 1. The molecule has 0 fully saturated rings. The number of carbonyl (C=O) groups excluding carboxylic acids is 1. The highest BCUT2D eigenvalue weighted by Gasteiger charge is 2.32. The van der Waals surface area contributed by atoms with Crippen molar-refractivity contribution in [2.75, 3.05) is 6.54 Å². The number of amides is 1. The van der Waals surface area contributed by atoms with Crippen molar-refractivity contribution in [3.63, 3.8) is 0 Å². The quantitative estimate of drug-likeness (QED) is 0.925. The highest BCUT2D eigenvalue weighted by Crippen LogP contribution is 2.30. The van der Waals surface area contributed by atoms with Crippen LogP contribution in [0.5, 0.6) is 0 Å². The fourth-order valence-electron chi connectivity index (χ4n) is 3.31. The lowest BCUT2D eigenvalue weighted by Gasteiger charge is -2.33. The van der Waals surface area contributed by atoms with Gasteiger partial charge in [0.1, 0.15) is 5.82 Å². The first-order valence-corrected chi connectivity index (χ1v) is 8.29. The summed E-state index contributed by atoms with van der Waals surface area (Å²) in [6, 6.07) is 13.5. The Hall–Kier alpha value is -2.69. The first kappa shape index (κ1) is 17.1. The second-order valence-corrected chi connectivity index (χ2v) is 6.52. The van der Waals surface area contributed by atoms with Gasteiger partial charge in [0.25, 0.3) is 0 Å². The largest absolute Gasteiger partial charge is 0.481 e. The molecule has 5 heteroatoms. The summed E-state index contributed by atoms with van der Waals surface area (Å²) in [6.45, 7) is 2.52. The predicted octanol–water partition coefficient (Wildman–Crippen LogP) is 3.53. The van der Waals surface area contributed by atoms with E-state index in [1.807, 2.05) is 31.2 Å². The van der Waals surface area contributed by atoms with E-state index in [1.165, 1.54) is 12.1 Å². The number of benzene rings is 2. The standard InChI is InChI=1S/C20H20FNO3/c1-13(14-6-8-16(21)9-7-14)10-19(23)22-11-15-4-2-3-5-17(15)18(12-22)20(24)25/h2-9,13,18H,10-12H2,1H3,(H,24,25). The minimum absolute atomic E-state index is 0.0615. The van der Waals surface area contributed by atoms with E-state index in [9.17, 15) is 19.1 Å². The summed E-state index contributed by atoms with van der Waals surface area (Å²) in [5.41, 5.74) is 2.55. The topological polar surface area (TPSA) is 57.6 Å². The molecule has 0 radical (unpaired) electrons. The number of aliphatic carboxylic acids is 1.